The van der Waals surface area contributed by atoms with Gasteiger partial charge in [-0.1, -0.05) is 42.5 Å². The molecule has 3 aromatic rings. The lowest BCUT2D eigenvalue weighted by atomic mass is 10.1. The molecule has 0 saturated carbocycles. The monoisotopic (exact) mass is 445 g/mol. The van der Waals surface area contributed by atoms with Crippen molar-refractivity contribution < 1.29 is 14.3 Å². The Bertz CT molecular complexity index is 1030. The van der Waals surface area contributed by atoms with Crippen molar-refractivity contribution in [1.29, 1.82) is 0 Å². The van der Waals surface area contributed by atoms with Gasteiger partial charge in [-0.3, -0.25) is 9.59 Å². The van der Waals surface area contributed by atoms with Crippen molar-refractivity contribution in [1.82, 2.24) is 10.6 Å². The van der Waals surface area contributed by atoms with E-state index in [1.807, 2.05) is 75.4 Å². The first-order valence-electron chi connectivity index (χ1n) is 11.1. The quantitative estimate of drug-likeness (QED) is 0.423. The molecule has 0 aromatic heterocycles. The molecule has 0 fully saturated rings. The molecule has 1 atom stereocenters. The van der Waals surface area contributed by atoms with Crippen molar-refractivity contribution in [2.24, 2.45) is 0 Å². The van der Waals surface area contributed by atoms with Crippen molar-refractivity contribution in [3.8, 4) is 5.75 Å². The second-order valence-corrected chi connectivity index (χ2v) is 8.12. The van der Waals surface area contributed by atoms with Gasteiger partial charge in [-0.15, -0.1) is 0 Å². The number of amides is 2. The summed E-state index contributed by atoms with van der Waals surface area (Å²) >= 11 is 0. The summed E-state index contributed by atoms with van der Waals surface area (Å²) in [6.45, 7) is 6.51. The van der Waals surface area contributed by atoms with E-state index in [9.17, 15) is 9.59 Å². The first-order valence-corrected chi connectivity index (χ1v) is 11.1. The zero-order valence-electron chi connectivity index (χ0n) is 19.3. The fourth-order valence-corrected chi connectivity index (χ4v) is 3.25. The molecule has 0 heterocycles. The second-order valence-electron chi connectivity index (χ2n) is 8.12. The van der Waals surface area contributed by atoms with Gasteiger partial charge in [0.2, 0.25) is 5.91 Å². The molecule has 1 unspecified atom stereocenters. The minimum absolute atomic E-state index is 0.0841. The number of hydrogen-bond acceptors (Lipinski definition) is 4. The summed E-state index contributed by atoms with van der Waals surface area (Å²) in [6, 6.07) is 24.5. The van der Waals surface area contributed by atoms with E-state index in [4.69, 9.17) is 4.74 Å². The molecular weight excluding hydrogens is 414 g/mol. The molecule has 0 aliphatic rings. The molecule has 2 amide bonds. The predicted molar refractivity (Wildman–Crippen MR) is 131 cm³/mol. The maximum Gasteiger partial charge on any atom is 0.251 e. The fourth-order valence-electron chi connectivity index (χ4n) is 3.25. The maximum absolute atomic E-state index is 12.5. The number of ether oxygens (including phenoxy) is 1. The van der Waals surface area contributed by atoms with E-state index in [0.717, 1.165) is 22.6 Å². The Morgan fingerprint density at radius 1 is 0.848 bits per heavy atom. The van der Waals surface area contributed by atoms with Crippen molar-refractivity contribution in [3.05, 3.63) is 95.6 Å². The minimum atomic E-state index is -0.138. The average Bonchev–Trinajstić information content (AvgIpc) is 2.82. The molecule has 33 heavy (non-hydrogen) atoms. The van der Waals surface area contributed by atoms with E-state index >= 15 is 0 Å². The van der Waals surface area contributed by atoms with Gasteiger partial charge in [-0.05, 0) is 68.3 Å². The lowest BCUT2D eigenvalue weighted by molar-refractivity contribution is -0.119. The van der Waals surface area contributed by atoms with Crippen LogP contribution < -0.4 is 20.7 Å². The van der Waals surface area contributed by atoms with Gasteiger partial charge in [0, 0.05) is 17.8 Å². The number of benzene rings is 3. The van der Waals surface area contributed by atoms with Crippen molar-refractivity contribution in [3.63, 3.8) is 0 Å². The van der Waals surface area contributed by atoms with E-state index in [0.29, 0.717) is 12.1 Å². The first kappa shape index (κ1) is 23.9. The van der Waals surface area contributed by atoms with E-state index in [2.05, 4.69) is 16.0 Å². The molecule has 3 N–H and O–H groups in total. The molecule has 3 aromatic carbocycles. The van der Waals surface area contributed by atoms with E-state index in [1.165, 1.54) is 0 Å². The van der Waals surface area contributed by atoms with Crippen molar-refractivity contribution in [2.45, 2.75) is 39.5 Å². The molecule has 172 valence electrons. The lowest BCUT2D eigenvalue weighted by Gasteiger charge is -2.14. The van der Waals surface area contributed by atoms with Crippen LogP contribution in [0.3, 0.4) is 0 Å². The molecule has 0 spiro atoms. The Morgan fingerprint density at radius 2 is 1.52 bits per heavy atom. The highest BCUT2D eigenvalue weighted by molar-refractivity contribution is 5.94. The highest BCUT2D eigenvalue weighted by Crippen LogP contribution is 2.15. The summed E-state index contributed by atoms with van der Waals surface area (Å²) in [5.41, 5.74) is 3.39. The molecule has 3 rings (SSSR count). The van der Waals surface area contributed by atoms with Crippen LogP contribution in [0.15, 0.2) is 78.9 Å². The highest BCUT2D eigenvalue weighted by Gasteiger charge is 2.11. The Labute approximate surface area is 195 Å². The SMILES string of the molecule is CC(C)Oc1ccc(CNC(=O)CNc2ccc(C(=O)NC(C)c3ccccc3)cc2)cc1. The molecule has 0 aliphatic carbocycles. The molecule has 0 aliphatic heterocycles. The third-order valence-electron chi connectivity index (χ3n) is 5.03. The average molecular weight is 446 g/mol. The molecular formula is C27H31N3O3. The molecule has 6 heteroatoms. The normalized spacial score (nSPS) is 11.5. The minimum Gasteiger partial charge on any atom is -0.491 e. The smallest absolute Gasteiger partial charge is 0.251 e. The topological polar surface area (TPSA) is 79.5 Å². The fraction of sp³-hybridized carbons (Fsp3) is 0.259. The van der Waals surface area contributed by atoms with Gasteiger partial charge in [-0.2, -0.15) is 0 Å². The van der Waals surface area contributed by atoms with Crippen LogP contribution in [0.5, 0.6) is 5.75 Å². The van der Waals surface area contributed by atoms with Gasteiger partial charge < -0.3 is 20.7 Å². The third kappa shape index (κ3) is 7.68. The van der Waals surface area contributed by atoms with Crippen molar-refractivity contribution in [2.75, 3.05) is 11.9 Å². The lowest BCUT2D eigenvalue weighted by Crippen LogP contribution is -2.29. The number of anilines is 1. The van der Waals surface area contributed by atoms with Gasteiger partial charge >= 0.3 is 0 Å². The first-order chi connectivity index (χ1) is 15.9. The van der Waals surface area contributed by atoms with Gasteiger partial charge in [0.1, 0.15) is 5.75 Å². The van der Waals surface area contributed by atoms with Gasteiger partial charge in [-0.25, -0.2) is 0 Å². The summed E-state index contributed by atoms with van der Waals surface area (Å²) in [7, 11) is 0. The zero-order chi connectivity index (χ0) is 23.6. The van der Waals surface area contributed by atoms with E-state index in [-0.39, 0.29) is 30.5 Å². The zero-order valence-corrected chi connectivity index (χ0v) is 19.3. The van der Waals surface area contributed by atoms with Crippen LogP contribution in [0.1, 0.15) is 48.3 Å². The number of carbonyl (C=O) groups excluding carboxylic acids is 2. The summed E-state index contributed by atoms with van der Waals surface area (Å²) in [5, 5.41) is 8.97. The largest absolute Gasteiger partial charge is 0.491 e. The van der Waals surface area contributed by atoms with Crippen LogP contribution in [0.25, 0.3) is 0 Å². The molecule has 0 bridgehead atoms. The van der Waals surface area contributed by atoms with Crippen LogP contribution >= 0.6 is 0 Å². The van der Waals surface area contributed by atoms with Gasteiger partial charge in [0.05, 0.1) is 18.7 Å². The highest BCUT2D eigenvalue weighted by atomic mass is 16.5. The van der Waals surface area contributed by atoms with Crippen LogP contribution in [0.4, 0.5) is 5.69 Å². The van der Waals surface area contributed by atoms with Crippen LogP contribution in [-0.4, -0.2) is 24.5 Å². The number of nitrogens with one attached hydrogen (secondary N) is 3. The summed E-state index contributed by atoms with van der Waals surface area (Å²) in [6.07, 6.45) is 0.128. The Hall–Kier alpha value is -3.80. The Kier molecular flexibility index (Phi) is 8.47. The van der Waals surface area contributed by atoms with Gasteiger partial charge in [0.15, 0.2) is 0 Å². The van der Waals surface area contributed by atoms with Crippen LogP contribution in [0.2, 0.25) is 0 Å². The second kappa shape index (κ2) is 11.7. The molecule has 6 nitrogen and oxygen atoms in total. The van der Waals surface area contributed by atoms with Crippen LogP contribution in [0, 0.1) is 0 Å². The number of rotatable bonds is 10. The number of carbonyl (C=O) groups is 2. The number of hydrogen-bond donors (Lipinski definition) is 3. The Morgan fingerprint density at radius 3 is 2.15 bits per heavy atom. The summed E-state index contributed by atoms with van der Waals surface area (Å²) < 4.78 is 5.62. The predicted octanol–water partition coefficient (Wildman–Crippen LogP) is 4.69. The van der Waals surface area contributed by atoms with Gasteiger partial charge in [0.25, 0.3) is 5.91 Å². The molecule has 0 radical (unpaired) electrons. The Balaban J connectivity index is 1.42. The molecule has 0 saturated heterocycles. The summed E-state index contributed by atoms with van der Waals surface area (Å²) in [5.74, 6) is 0.560. The van der Waals surface area contributed by atoms with Crippen LogP contribution in [-0.2, 0) is 11.3 Å². The third-order valence-corrected chi connectivity index (χ3v) is 5.03. The van der Waals surface area contributed by atoms with E-state index in [1.54, 1.807) is 24.3 Å². The van der Waals surface area contributed by atoms with Crippen molar-refractivity contribution >= 4 is 17.5 Å². The standard InChI is InChI=1S/C27H31N3O3/c1-19(2)33-25-15-9-21(10-16-25)17-29-26(31)18-28-24-13-11-23(12-14-24)27(32)30-20(3)22-7-5-4-6-8-22/h4-16,19-20,28H,17-18H2,1-3H3,(H,29,31)(H,30,32). The van der Waals surface area contributed by atoms with E-state index < -0.39 is 0 Å². The summed E-state index contributed by atoms with van der Waals surface area (Å²) in [4.78, 5) is 24.7. The maximum atomic E-state index is 12.5.